The Morgan fingerprint density at radius 2 is 1.28 bits per heavy atom. The summed E-state index contributed by atoms with van der Waals surface area (Å²) in [6, 6.07) is 39.4. The van der Waals surface area contributed by atoms with Crippen molar-refractivity contribution in [3.8, 4) is 11.1 Å². The quantitative estimate of drug-likeness (QED) is 0.193. The van der Waals surface area contributed by atoms with Gasteiger partial charge in [-0.2, -0.15) is 0 Å². The molecular formula is C34H35SiTi. The molecule has 0 bridgehead atoms. The van der Waals surface area contributed by atoms with E-state index in [0.717, 1.165) is 12.8 Å². The van der Waals surface area contributed by atoms with Gasteiger partial charge in [-0.05, 0) is 0 Å². The molecular weight excluding hydrogens is 484 g/mol. The van der Waals surface area contributed by atoms with Gasteiger partial charge in [-0.3, -0.25) is 0 Å². The number of rotatable bonds is 7. The van der Waals surface area contributed by atoms with Gasteiger partial charge in [-0.25, -0.2) is 0 Å². The van der Waals surface area contributed by atoms with Crippen molar-refractivity contribution in [1.82, 2.24) is 0 Å². The zero-order chi connectivity index (χ0) is 24.6. The van der Waals surface area contributed by atoms with Gasteiger partial charge in [0.05, 0.1) is 0 Å². The molecule has 0 spiro atoms. The Bertz CT molecular complexity index is 1420. The minimum atomic E-state index is -3.65. The number of hydrogen-bond acceptors (Lipinski definition) is 0. The Kier molecular flexibility index (Phi) is 6.12. The van der Waals surface area contributed by atoms with Gasteiger partial charge in [0.15, 0.2) is 0 Å². The first-order valence-corrected chi connectivity index (χ1v) is 22.8. The first-order chi connectivity index (χ1) is 17.6. The SMILES string of the molecule is C[SiH](C)[Ti]([CH2]c1ccccc1)([CH2]c1ccccc1)([C]1=CC=CC1)[c]1cccc2c1Cc1ccccc1-2. The second-order valence-corrected chi connectivity index (χ2v) is 33.2. The first-order valence-electron chi connectivity index (χ1n) is 13.4. The van der Waals surface area contributed by atoms with E-state index in [0.29, 0.717) is 0 Å². The zero-order valence-electron chi connectivity index (χ0n) is 21.5. The zero-order valence-corrected chi connectivity index (χ0v) is 24.2. The summed E-state index contributed by atoms with van der Waals surface area (Å²) in [7, 11) is 0. The summed E-state index contributed by atoms with van der Waals surface area (Å²) >= 11 is -3.65. The van der Waals surface area contributed by atoms with Crippen LogP contribution in [0.3, 0.4) is 0 Å². The average Bonchev–Trinajstić information content (AvgIpc) is 3.58. The molecule has 0 unspecified atom stereocenters. The predicted molar refractivity (Wildman–Crippen MR) is 155 cm³/mol. The number of allylic oxidation sites excluding steroid dienone is 4. The molecule has 0 heterocycles. The Morgan fingerprint density at radius 1 is 0.667 bits per heavy atom. The molecule has 0 N–H and O–H groups in total. The molecule has 4 aromatic rings. The summed E-state index contributed by atoms with van der Waals surface area (Å²) < 4.78 is 6.03. The van der Waals surface area contributed by atoms with Gasteiger partial charge < -0.3 is 0 Å². The van der Waals surface area contributed by atoms with E-state index in [1.165, 1.54) is 37.3 Å². The molecule has 0 fully saturated rings. The minimum absolute atomic E-state index is 1.08. The van der Waals surface area contributed by atoms with Crippen LogP contribution in [0.1, 0.15) is 28.7 Å². The van der Waals surface area contributed by atoms with Crippen molar-refractivity contribution in [2.45, 2.75) is 35.4 Å². The fourth-order valence-corrected chi connectivity index (χ4v) is 33.6. The maximum atomic E-state index is 2.68. The monoisotopic (exact) mass is 519 g/mol. The summed E-state index contributed by atoms with van der Waals surface area (Å²) in [4.78, 5) is 0. The van der Waals surface area contributed by atoms with Gasteiger partial charge >= 0.3 is 219 Å². The third kappa shape index (κ3) is 3.60. The molecule has 0 amide bonds. The van der Waals surface area contributed by atoms with E-state index in [1.807, 2.05) is 0 Å². The average molecular weight is 520 g/mol. The Balaban J connectivity index is 1.70. The first kappa shape index (κ1) is 23.7. The van der Waals surface area contributed by atoms with E-state index in [4.69, 9.17) is 0 Å². The van der Waals surface area contributed by atoms with Crippen molar-refractivity contribution in [3.63, 3.8) is 0 Å². The van der Waals surface area contributed by atoms with E-state index in [9.17, 15) is 0 Å². The summed E-state index contributed by atoms with van der Waals surface area (Å²) in [5.74, 6) is 0. The predicted octanol–water partition coefficient (Wildman–Crippen LogP) is 7.80. The number of benzene rings is 4. The molecule has 2 aliphatic rings. The molecule has 0 radical (unpaired) electrons. The molecule has 179 valence electrons. The van der Waals surface area contributed by atoms with Crippen LogP contribution in [-0.2, 0) is 30.4 Å². The van der Waals surface area contributed by atoms with Crippen molar-refractivity contribution >= 4 is 10.5 Å². The maximum absolute atomic E-state index is 3.65. The third-order valence-corrected chi connectivity index (χ3v) is 39.4. The van der Waals surface area contributed by atoms with Crippen LogP contribution < -0.4 is 3.87 Å². The van der Waals surface area contributed by atoms with E-state index in [1.54, 1.807) is 13.3 Å². The van der Waals surface area contributed by atoms with Gasteiger partial charge in [0.1, 0.15) is 0 Å². The second kappa shape index (κ2) is 9.31. The molecule has 0 aliphatic heterocycles. The summed E-state index contributed by atoms with van der Waals surface area (Å²) in [6.45, 7) is 4.14. The van der Waals surface area contributed by atoms with E-state index in [-0.39, 0.29) is 0 Å². The van der Waals surface area contributed by atoms with Crippen LogP contribution in [0.15, 0.2) is 125 Å². The van der Waals surface area contributed by atoms with Crippen LogP contribution in [0.4, 0.5) is 0 Å². The van der Waals surface area contributed by atoms with Gasteiger partial charge in [0.25, 0.3) is 0 Å². The standard InChI is InChI=1S/C13H9.2C7H7.C5H5.C2H7Si.Ti/c1-3-7-12-10(5-1)9-11-6-2-4-8-13(11)12;2*1-7-5-3-2-4-6-7;1-2-4-5-3-1;1-3-2;/h1-5,7-8H,9H2;2*2-6H,1H2;1-3H,4H2;3H,1-2H3;. The normalized spacial score (nSPS) is 15.3. The number of fused-ring (bicyclic) bond motifs is 3. The molecule has 2 heteroatoms. The second-order valence-electron chi connectivity index (χ2n) is 11.2. The van der Waals surface area contributed by atoms with Crippen molar-refractivity contribution in [2.24, 2.45) is 0 Å². The summed E-state index contributed by atoms with van der Waals surface area (Å²) in [6.07, 6.45) is 9.52. The van der Waals surface area contributed by atoms with Gasteiger partial charge in [-0.15, -0.1) is 0 Å². The summed E-state index contributed by atoms with van der Waals surface area (Å²) in [5.41, 5.74) is 9.11. The fraction of sp³-hybridized carbons (Fsp3) is 0.176. The van der Waals surface area contributed by atoms with Crippen molar-refractivity contribution < 1.29 is 14.6 Å². The molecule has 0 nitrogen and oxygen atoms in total. The van der Waals surface area contributed by atoms with Crippen molar-refractivity contribution in [3.05, 3.63) is 147 Å². The topological polar surface area (TPSA) is 0 Å². The van der Waals surface area contributed by atoms with Gasteiger partial charge in [0.2, 0.25) is 0 Å². The fourth-order valence-electron chi connectivity index (χ4n) is 7.52. The van der Waals surface area contributed by atoms with Gasteiger partial charge in [-0.1, -0.05) is 0 Å². The Morgan fingerprint density at radius 3 is 1.89 bits per heavy atom. The van der Waals surface area contributed by atoms with Crippen LogP contribution in [-0.4, -0.2) is 6.66 Å². The van der Waals surface area contributed by atoms with Crippen LogP contribution in [0.2, 0.25) is 13.1 Å². The summed E-state index contributed by atoms with van der Waals surface area (Å²) in [5, 5.41) is 0. The molecule has 0 aromatic heterocycles. The molecule has 0 saturated carbocycles. The van der Waals surface area contributed by atoms with Crippen LogP contribution >= 0.6 is 0 Å². The van der Waals surface area contributed by atoms with E-state index in [2.05, 4.69) is 134 Å². The van der Waals surface area contributed by atoms with Crippen LogP contribution in [0, 0.1) is 0 Å². The van der Waals surface area contributed by atoms with E-state index >= 15 is 0 Å². The van der Waals surface area contributed by atoms with Crippen molar-refractivity contribution in [1.29, 1.82) is 0 Å². The molecule has 0 atom stereocenters. The Hall–Kier alpha value is -2.71. The molecule has 6 rings (SSSR count). The number of hydrogen-bond donors (Lipinski definition) is 0. The van der Waals surface area contributed by atoms with Crippen LogP contribution in [0.25, 0.3) is 11.1 Å². The van der Waals surface area contributed by atoms with Crippen LogP contribution in [0.5, 0.6) is 0 Å². The molecule has 4 aromatic carbocycles. The molecule has 2 aliphatic carbocycles. The van der Waals surface area contributed by atoms with Gasteiger partial charge in [0, 0.05) is 0 Å². The van der Waals surface area contributed by atoms with Crippen molar-refractivity contribution in [2.75, 3.05) is 0 Å². The molecule has 36 heavy (non-hydrogen) atoms. The van der Waals surface area contributed by atoms with E-state index < -0.39 is 21.2 Å². The third-order valence-electron chi connectivity index (χ3n) is 9.39. The molecule has 0 saturated heterocycles. The Labute approximate surface area is 218 Å².